The molecule has 0 aliphatic heterocycles. The van der Waals surface area contributed by atoms with Gasteiger partial charge >= 0.3 is 192 Å². The summed E-state index contributed by atoms with van der Waals surface area (Å²) in [5.41, 5.74) is 0. The predicted octanol–water partition coefficient (Wildman–Crippen LogP) is 5.64. The molecule has 1 heterocycles. The molecule has 4 aromatic carbocycles. The van der Waals surface area contributed by atoms with E-state index in [0.29, 0.717) is 6.16 Å². The molecule has 0 saturated carbocycles. The number of hydrogen-bond donors (Lipinski definition) is 0. The fraction of sp³-hybridized carbons (Fsp3) is 0.0357. The zero-order chi connectivity index (χ0) is 21.9. The van der Waals surface area contributed by atoms with Crippen LogP contribution in [0.15, 0.2) is 127 Å². The Morgan fingerprint density at radius 2 is 1.12 bits per heavy atom. The van der Waals surface area contributed by atoms with Crippen LogP contribution in [-0.2, 0) is 6.16 Å². The van der Waals surface area contributed by atoms with Crippen molar-refractivity contribution in [3.63, 3.8) is 0 Å². The number of thiazole rings is 1. The molecule has 0 spiro atoms. The van der Waals surface area contributed by atoms with Gasteiger partial charge in [-0.15, -0.1) is 0 Å². The second-order valence-electron chi connectivity index (χ2n) is 7.87. The standard InChI is InChI=1S/C28H23FNPS/c29-23-11-10-18-27(21-23)31(22-28-30-19-20-32-28,24-12-4-1-5-13-24,25-14-6-2-7-15-25)26-16-8-3-9-17-26/h1-21H,22H2. The Balaban J connectivity index is 2.06. The monoisotopic (exact) mass is 455 g/mol. The molecule has 0 unspecified atom stereocenters. The first kappa shape index (κ1) is 20.8. The Morgan fingerprint density at radius 3 is 1.56 bits per heavy atom. The molecule has 0 bridgehead atoms. The van der Waals surface area contributed by atoms with Crippen molar-refractivity contribution in [2.45, 2.75) is 6.16 Å². The number of nitrogens with zero attached hydrogens (tertiary/aromatic N) is 1. The second-order valence-corrected chi connectivity index (χ2v) is 13.8. The van der Waals surface area contributed by atoms with Crippen molar-refractivity contribution in [1.82, 2.24) is 4.98 Å². The molecule has 0 radical (unpaired) electrons. The van der Waals surface area contributed by atoms with Gasteiger partial charge in [-0.05, 0) is 0 Å². The third kappa shape index (κ3) is 3.12. The molecular formula is C28H23FNPS. The Hall–Kier alpha value is -3.13. The molecule has 158 valence electrons. The van der Waals surface area contributed by atoms with Gasteiger partial charge in [-0.2, -0.15) is 0 Å². The molecule has 1 aromatic heterocycles. The van der Waals surface area contributed by atoms with Crippen molar-refractivity contribution in [1.29, 1.82) is 0 Å². The molecule has 0 aliphatic rings. The summed E-state index contributed by atoms with van der Waals surface area (Å²) >= 11 is 1.66. The number of aromatic nitrogens is 1. The number of rotatable bonds is 6. The molecular weight excluding hydrogens is 432 g/mol. The zero-order valence-electron chi connectivity index (χ0n) is 17.5. The Labute approximate surface area is 192 Å². The maximum atomic E-state index is 14.9. The summed E-state index contributed by atoms with van der Waals surface area (Å²) in [6.45, 7) is -3.41. The predicted molar refractivity (Wildman–Crippen MR) is 137 cm³/mol. The average Bonchev–Trinajstić information content (AvgIpc) is 3.37. The molecule has 0 fully saturated rings. The van der Waals surface area contributed by atoms with Crippen molar-refractivity contribution in [3.8, 4) is 0 Å². The van der Waals surface area contributed by atoms with Crippen LogP contribution in [0.1, 0.15) is 5.01 Å². The van der Waals surface area contributed by atoms with Crippen LogP contribution >= 0.6 is 17.9 Å². The van der Waals surface area contributed by atoms with Gasteiger partial charge in [0.2, 0.25) is 0 Å². The van der Waals surface area contributed by atoms with E-state index in [4.69, 9.17) is 4.98 Å². The van der Waals surface area contributed by atoms with Crippen LogP contribution in [0.4, 0.5) is 4.39 Å². The van der Waals surface area contributed by atoms with E-state index in [0.717, 1.165) is 10.3 Å². The van der Waals surface area contributed by atoms with E-state index >= 15 is 0 Å². The second kappa shape index (κ2) is 8.43. The fourth-order valence-electron chi connectivity index (χ4n) is 4.92. The first-order chi connectivity index (χ1) is 15.7. The first-order valence-corrected chi connectivity index (χ1v) is 13.9. The van der Waals surface area contributed by atoms with E-state index in [2.05, 4.69) is 78.9 Å². The number of halogens is 1. The van der Waals surface area contributed by atoms with Gasteiger partial charge in [0.15, 0.2) is 0 Å². The summed E-state index contributed by atoms with van der Waals surface area (Å²) in [5, 5.41) is 7.69. The van der Waals surface area contributed by atoms with Crippen LogP contribution in [0.25, 0.3) is 0 Å². The van der Waals surface area contributed by atoms with Crippen LogP contribution < -0.4 is 21.2 Å². The fourth-order valence-corrected chi connectivity index (χ4v) is 12.8. The van der Waals surface area contributed by atoms with Crippen LogP contribution in [-0.4, -0.2) is 4.98 Å². The van der Waals surface area contributed by atoms with Crippen molar-refractivity contribution >= 4 is 39.2 Å². The van der Waals surface area contributed by atoms with Gasteiger partial charge in [-0.1, -0.05) is 0 Å². The maximum absolute atomic E-state index is 14.9. The molecule has 1 nitrogen and oxygen atoms in total. The average molecular weight is 456 g/mol. The third-order valence-corrected chi connectivity index (χ3v) is 13.9. The molecule has 0 atom stereocenters. The van der Waals surface area contributed by atoms with Gasteiger partial charge in [-0.3, -0.25) is 0 Å². The third-order valence-electron chi connectivity index (χ3n) is 6.29. The SMILES string of the molecule is Fc1cccc(P(Cc2nccs2)(c2ccccc2)(c2ccccc2)c2ccccc2)c1. The molecule has 0 saturated heterocycles. The Kier molecular flexibility index (Phi) is 5.46. The summed E-state index contributed by atoms with van der Waals surface area (Å²) < 4.78 is 14.9. The number of hydrogen-bond acceptors (Lipinski definition) is 2. The van der Waals surface area contributed by atoms with Gasteiger partial charge in [-0.25, -0.2) is 0 Å². The number of benzene rings is 4. The van der Waals surface area contributed by atoms with E-state index in [-0.39, 0.29) is 5.82 Å². The van der Waals surface area contributed by atoms with Crippen LogP contribution in [0, 0.1) is 5.82 Å². The zero-order valence-corrected chi connectivity index (χ0v) is 19.2. The van der Waals surface area contributed by atoms with E-state index in [1.807, 2.05) is 35.8 Å². The summed E-state index contributed by atoms with van der Waals surface area (Å²) in [6.07, 6.45) is 2.56. The summed E-state index contributed by atoms with van der Waals surface area (Å²) in [5.74, 6) is -0.224. The quantitative estimate of drug-likeness (QED) is 0.302. The molecule has 0 N–H and O–H groups in total. The van der Waals surface area contributed by atoms with Crippen molar-refractivity contribution in [2.24, 2.45) is 0 Å². The van der Waals surface area contributed by atoms with Crippen molar-refractivity contribution in [2.75, 3.05) is 0 Å². The van der Waals surface area contributed by atoms with E-state index < -0.39 is 6.60 Å². The van der Waals surface area contributed by atoms with Gasteiger partial charge < -0.3 is 0 Å². The van der Waals surface area contributed by atoms with Crippen molar-refractivity contribution in [3.05, 3.63) is 138 Å². The Morgan fingerprint density at radius 1 is 0.625 bits per heavy atom. The van der Waals surface area contributed by atoms with Gasteiger partial charge in [0.05, 0.1) is 0 Å². The minimum atomic E-state index is -3.41. The first-order valence-electron chi connectivity index (χ1n) is 10.6. The van der Waals surface area contributed by atoms with Crippen LogP contribution in [0.3, 0.4) is 0 Å². The van der Waals surface area contributed by atoms with Gasteiger partial charge in [0, 0.05) is 0 Å². The summed E-state index contributed by atoms with van der Waals surface area (Å²) in [7, 11) is 0. The molecule has 0 aliphatic carbocycles. The molecule has 32 heavy (non-hydrogen) atoms. The van der Waals surface area contributed by atoms with E-state index in [9.17, 15) is 4.39 Å². The molecule has 5 aromatic rings. The van der Waals surface area contributed by atoms with Crippen molar-refractivity contribution < 1.29 is 4.39 Å². The van der Waals surface area contributed by atoms with E-state index in [1.54, 1.807) is 17.4 Å². The van der Waals surface area contributed by atoms with Gasteiger partial charge in [0.1, 0.15) is 0 Å². The van der Waals surface area contributed by atoms with Crippen LogP contribution in [0.2, 0.25) is 0 Å². The van der Waals surface area contributed by atoms with Gasteiger partial charge in [0.25, 0.3) is 0 Å². The molecule has 4 heteroatoms. The topological polar surface area (TPSA) is 12.9 Å². The van der Waals surface area contributed by atoms with Crippen LogP contribution in [0.5, 0.6) is 0 Å². The molecule has 5 rings (SSSR count). The Bertz CT molecular complexity index is 1210. The van der Waals surface area contributed by atoms with E-state index in [1.165, 1.54) is 22.0 Å². The minimum absolute atomic E-state index is 0.224. The molecule has 0 amide bonds. The normalized spacial score (nSPS) is 12.7. The summed E-state index contributed by atoms with van der Waals surface area (Å²) in [6, 6.07) is 39.1. The summed E-state index contributed by atoms with van der Waals surface area (Å²) in [4.78, 5) is 4.73.